The highest BCUT2D eigenvalue weighted by atomic mass is 16.3. The Balaban J connectivity index is 1.27. The topological polar surface area (TPSA) is 60.7 Å². The van der Waals surface area contributed by atoms with Crippen LogP contribution in [0.2, 0.25) is 0 Å². The van der Waals surface area contributed by atoms with Crippen molar-refractivity contribution in [1.29, 1.82) is 0 Å². The van der Waals surface area contributed by atoms with Crippen molar-refractivity contribution in [2.45, 2.75) is 122 Å². The number of aliphatic hydroxyl groups excluding tert-OH is 3. The third-order valence-electron chi connectivity index (χ3n) is 11.0. The van der Waals surface area contributed by atoms with E-state index in [4.69, 9.17) is 0 Å². The van der Waals surface area contributed by atoms with Gasteiger partial charge in [-0.2, -0.15) is 0 Å². The second kappa shape index (κ2) is 11.1. The van der Waals surface area contributed by atoms with E-state index >= 15 is 0 Å². The molecule has 1 aromatic carbocycles. The van der Waals surface area contributed by atoms with E-state index in [0.29, 0.717) is 30.6 Å². The van der Waals surface area contributed by atoms with Crippen molar-refractivity contribution in [2.75, 3.05) is 0 Å². The van der Waals surface area contributed by atoms with Crippen LogP contribution in [0.4, 0.5) is 0 Å². The van der Waals surface area contributed by atoms with Gasteiger partial charge in [0.15, 0.2) is 0 Å². The summed E-state index contributed by atoms with van der Waals surface area (Å²) in [4.78, 5) is 0. The highest BCUT2D eigenvalue weighted by Crippen LogP contribution is 2.59. The second-order valence-electron chi connectivity index (χ2n) is 13.7. The highest BCUT2D eigenvalue weighted by Gasteiger charge is 2.51. The highest BCUT2D eigenvalue weighted by molar-refractivity contribution is 5.39. The number of fused-ring (bicyclic) bond motifs is 1. The van der Waals surface area contributed by atoms with E-state index in [9.17, 15) is 15.3 Å². The lowest BCUT2D eigenvalue weighted by atomic mass is 9.62. The predicted molar refractivity (Wildman–Crippen MR) is 161 cm³/mol. The summed E-state index contributed by atoms with van der Waals surface area (Å²) in [6.07, 6.45) is 15.2. The van der Waals surface area contributed by atoms with E-state index in [1.807, 2.05) is 0 Å². The molecule has 5 rings (SSSR count). The smallest absolute Gasteiger partial charge is 0.0811 e. The minimum atomic E-state index is -0.636. The first-order chi connectivity index (χ1) is 18.5. The lowest BCUT2D eigenvalue weighted by Gasteiger charge is -2.43. The van der Waals surface area contributed by atoms with Crippen molar-refractivity contribution in [3.8, 4) is 0 Å². The molecule has 6 atom stereocenters. The summed E-state index contributed by atoms with van der Waals surface area (Å²) >= 11 is 0. The zero-order valence-electron chi connectivity index (χ0n) is 24.6. The first-order valence-corrected chi connectivity index (χ1v) is 15.4. The van der Waals surface area contributed by atoms with Gasteiger partial charge >= 0.3 is 0 Å². The fraction of sp³-hybridized carbons (Fsp3) is 0.611. The number of hydrogen-bond acceptors (Lipinski definition) is 3. The fourth-order valence-corrected chi connectivity index (χ4v) is 8.27. The van der Waals surface area contributed by atoms with Crippen LogP contribution in [0.3, 0.4) is 0 Å². The quantitative estimate of drug-likeness (QED) is 0.317. The molecule has 0 aliphatic heterocycles. The molecule has 4 aliphatic carbocycles. The van der Waals surface area contributed by atoms with E-state index in [2.05, 4.69) is 76.8 Å². The van der Waals surface area contributed by atoms with E-state index < -0.39 is 12.2 Å². The number of aliphatic hydroxyl groups is 3. The van der Waals surface area contributed by atoms with Crippen LogP contribution < -0.4 is 0 Å². The normalized spacial score (nSPS) is 35.5. The molecule has 3 heteroatoms. The summed E-state index contributed by atoms with van der Waals surface area (Å²) in [5, 5.41) is 31.7. The van der Waals surface area contributed by atoms with Gasteiger partial charge in [-0.3, -0.25) is 0 Å². The Morgan fingerprint density at radius 2 is 1.79 bits per heavy atom. The minimum absolute atomic E-state index is 0.0626. The summed E-state index contributed by atoms with van der Waals surface area (Å²) in [5.41, 5.74) is 7.59. The van der Waals surface area contributed by atoms with Crippen LogP contribution in [0, 0.1) is 17.3 Å². The molecular formula is C36H50O3. The Morgan fingerprint density at radius 3 is 2.46 bits per heavy atom. The van der Waals surface area contributed by atoms with E-state index in [0.717, 1.165) is 36.8 Å². The first kappa shape index (κ1) is 28.6. The zero-order valence-corrected chi connectivity index (χ0v) is 24.6. The summed E-state index contributed by atoms with van der Waals surface area (Å²) in [6, 6.07) is 8.98. The molecular weight excluding hydrogens is 480 g/mol. The molecule has 3 N–H and O–H groups in total. The summed E-state index contributed by atoms with van der Waals surface area (Å²) < 4.78 is 0. The molecule has 0 radical (unpaired) electrons. The maximum absolute atomic E-state index is 11.4. The van der Waals surface area contributed by atoms with Crippen LogP contribution >= 0.6 is 0 Å². The molecule has 0 amide bonds. The molecule has 4 fully saturated rings. The van der Waals surface area contributed by atoms with Crippen molar-refractivity contribution < 1.29 is 15.3 Å². The molecule has 0 bridgehead atoms. The van der Waals surface area contributed by atoms with Gasteiger partial charge in [0.05, 0.1) is 18.3 Å². The van der Waals surface area contributed by atoms with Gasteiger partial charge in [0.2, 0.25) is 0 Å². The van der Waals surface area contributed by atoms with Gasteiger partial charge in [0.25, 0.3) is 0 Å². The van der Waals surface area contributed by atoms with Crippen molar-refractivity contribution in [1.82, 2.24) is 0 Å². The van der Waals surface area contributed by atoms with Crippen LogP contribution in [0.25, 0.3) is 0 Å². The van der Waals surface area contributed by atoms with Crippen molar-refractivity contribution >= 4 is 0 Å². The van der Waals surface area contributed by atoms with Crippen molar-refractivity contribution in [2.24, 2.45) is 17.3 Å². The van der Waals surface area contributed by atoms with Crippen LogP contribution in [0.1, 0.15) is 109 Å². The molecule has 212 valence electrons. The number of allylic oxidation sites excluding steroid dienone is 4. The van der Waals surface area contributed by atoms with Gasteiger partial charge < -0.3 is 15.3 Å². The molecule has 0 heterocycles. The van der Waals surface area contributed by atoms with Gasteiger partial charge in [-0.25, -0.2) is 0 Å². The lowest BCUT2D eigenvalue weighted by Crippen LogP contribution is -2.34. The van der Waals surface area contributed by atoms with E-state index in [1.165, 1.54) is 48.0 Å². The third kappa shape index (κ3) is 5.52. The van der Waals surface area contributed by atoms with E-state index in [1.54, 1.807) is 0 Å². The van der Waals surface area contributed by atoms with Crippen LogP contribution in [0.5, 0.6) is 0 Å². The standard InChI is InChI=1S/C36H50O3/c1-23(2)26-11-13-29(14-12-26)36(19-20-36)34(39)17-8-24(3)31-15-16-32-27(7-6-18-35(31,32)5)9-10-28-21-30(37)22-33(38)25(28)4/h8-14,23,30-34,37-39H,4,6-7,15-22H2,1-3,5H3/t30-,31-,32+,33+,34-,35-/m1/s1. The molecule has 0 unspecified atom stereocenters. The Bertz CT molecular complexity index is 1150. The van der Waals surface area contributed by atoms with Crippen LogP contribution in [-0.4, -0.2) is 33.6 Å². The zero-order chi connectivity index (χ0) is 27.9. The molecule has 0 spiro atoms. The molecule has 0 aromatic heterocycles. The van der Waals surface area contributed by atoms with Crippen molar-refractivity contribution in [3.63, 3.8) is 0 Å². The largest absolute Gasteiger partial charge is 0.393 e. The number of benzene rings is 1. The second-order valence-corrected chi connectivity index (χ2v) is 13.7. The van der Waals surface area contributed by atoms with Gasteiger partial charge in [-0.05, 0) is 110 Å². The number of hydrogen-bond donors (Lipinski definition) is 3. The summed E-state index contributed by atoms with van der Waals surface area (Å²) in [7, 11) is 0. The number of rotatable bonds is 7. The minimum Gasteiger partial charge on any atom is -0.393 e. The van der Waals surface area contributed by atoms with Gasteiger partial charge in [-0.1, -0.05) is 81.0 Å². The Labute approximate surface area is 236 Å². The maximum atomic E-state index is 11.4. The third-order valence-corrected chi connectivity index (χ3v) is 11.0. The Kier molecular flexibility index (Phi) is 8.17. The molecule has 4 saturated carbocycles. The summed E-state index contributed by atoms with van der Waals surface area (Å²) in [6.45, 7) is 13.3. The lowest BCUT2D eigenvalue weighted by molar-refractivity contribution is 0.0862. The molecule has 4 aliphatic rings. The Hall–Kier alpha value is -1.94. The fourth-order valence-electron chi connectivity index (χ4n) is 8.27. The summed E-state index contributed by atoms with van der Waals surface area (Å²) in [5.74, 6) is 1.66. The predicted octanol–water partition coefficient (Wildman–Crippen LogP) is 7.68. The average molecular weight is 531 g/mol. The van der Waals surface area contributed by atoms with Gasteiger partial charge in [0.1, 0.15) is 0 Å². The van der Waals surface area contributed by atoms with Crippen LogP contribution in [-0.2, 0) is 5.41 Å². The first-order valence-electron chi connectivity index (χ1n) is 15.4. The average Bonchev–Trinajstić information content (AvgIpc) is 3.64. The van der Waals surface area contributed by atoms with Gasteiger partial charge in [0, 0.05) is 11.8 Å². The maximum Gasteiger partial charge on any atom is 0.0811 e. The van der Waals surface area contributed by atoms with Crippen LogP contribution in [0.15, 0.2) is 71.4 Å². The van der Waals surface area contributed by atoms with E-state index in [-0.39, 0.29) is 16.9 Å². The molecule has 1 aromatic rings. The molecule has 0 saturated heterocycles. The SMILES string of the molecule is C=C1C(=CC=C2CCC[C@]3(C)[C@@H](C(C)=CC[C@@H](O)C4(c5ccc(C(C)C)cc5)CC4)CC[C@@H]23)C[C@@H](O)C[C@@H]1O. The van der Waals surface area contributed by atoms with Crippen molar-refractivity contribution in [3.05, 3.63) is 82.5 Å². The molecule has 39 heavy (non-hydrogen) atoms. The monoisotopic (exact) mass is 530 g/mol. The van der Waals surface area contributed by atoms with Gasteiger partial charge in [-0.15, -0.1) is 0 Å². The Morgan fingerprint density at radius 1 is 1.08 bits per heavy atom. The molecule has 3 nitrogen and oxygen atoms in total.